The van der Waals surface area contributed by atoms with Gasteiger partial charge in [-0.15, -0.1) is 0 Å². The Morgan fingerprint density at radius 2 is 2.08 bits per heavy atom. The van der Waals surface area contributed by atoms with E-state index in [9.17, 15) is 9.59 Å². The average molecular weight is 345 g/mol. The first-order chi connectivity index (χ1) is 12.0. The van der Waals surface area contributed by atoms with Crippen molar-refractivity contribution in [3.8, 4) is 11.5 Å². The molecule has 0 radical (unpaired) electrons. The molecule has 0 atom stereocenters. The monoisotopic (exact) mass is 345 g/mol. The summed E-state index contributed by atoms with van der Waals surface area (Å²) in [7, 11) is 0. The van der Waals surface area contributed by atoms with E-state index in [1.807, 2.05) is 19.9 Å². The number of amides is 2. The summed E-state index contributed by atoms with van der Waals surface area (Å²) in [6.45, 7) is 6.75. The summed E-state index contributed by atoms with van der Waals surface area (Å²) < 4.78 is 5.30. The minimum Gasteiger partial charge on any atom is -0.463 e. The Kier molecular flexibility index (Phi) is 5.18. The van der Waals surface area contributed by atoms with Gasteiger partial charge in [-0.1, -0.05) is 0 Å². The Hall–Kier alpha value is -2.61. The standard InChI is InChI=1S/C17H23N5O3/c1-12(2)18-16(23)11-21-5-7-22(8-6-21)17(24)14-10-13(19-20-14)15-4-3-9-25-15/h3-4,9-10,12H,5-8,11H2,1-2H3,(H,18,23)(H,19,20). The molecular formula is C17H23N5O3. The van der Waals surface area contributed by atoms with Crippen molar-refractivity contribution in [2.45, 2.75) is 19.9 Å². The molecule has 0 aromatic carbocycles. The molecule has 0 bridgehead atoms. The predicted octanol–water partition coefficient (Wildman–Crippen LogP) is 0.952. The zero-order valence-electron chi connectivity index (χ0n) is 14.5. The number of aromatic amines is 1. The number of aromatic nitrogens is 2. The Morgan fingerprint density at radius 1 is 1.32 bits per heavy atom. The van der Waals surface area contributed by atoms with E-state index < -0.39 is 0 Å². The van der Waals surface area contributed by atoms with Gasteiger partial charge < -0.3 is 14.6 Å². The molecule has 8 nitrogen and oxygen atoms in total. The van der Waals surface area contributed by atoms with Gasteiger partial charge in [0.05, 0.1) is 12.8 Å². The maximum Gasteiger partial charge on any atom is 0.274 e. The maximum absolute atomic E-state index is 12.6. The van der Waals surface area contributed by atoms with Crippen LogP contribution < -0.4 is 5.32 Å². The highest BCUT2D eigenvalue weighted by Gasteiger charge is 2.25. The van der Waals surface area contributed by atoms with Gasteiger partial charge in [-0.05, 0) is 26.0 Å². The van der Waals surface area contributed by atoms with Gasteiger partial charge in [-0.2, -0.15) is 5.10 Å². The Labute approximate surface area is 146 Å². The van der Waals surface area contributed by atoms with E-state index in [1.165, 1.54) is 0 Å². The molecule has 3 rings (SSSR count). The van der Waals surface area contributed by atoms with Gasteiger partial charge in [0.1, 0.15) is 5.69 Å². The normalized spacial score (nSPS) is 15.6. The highest BCUT2D eigenvalue weighted by molar-refractivity contribution is 5.93. The molecule has 1 fully saturated rings. The summed E-state index contributed by atoms with van der Waals surface area (Å²) >= 11 is 0. The van der Waals surface area contributed by atoms with Crippen LogP contribution in [0.25, 0.3) is 11.5 Å². The predicted molar refractivity (Wildman–Crippen MR) is 91.9 cm³/mol. The molecule has 25 heavy (non-hydrogen) atoms. The highest BCUT2D eigenvalue weighted by atomic mass is 16.3. The van der Waals surface area contributed by atoms with Crippen molar-refractivity contribution in [1.29, 1.82) is 0 Å². The van der Waals surface area contributed by atoms with Crippen molar-refractivity contribution >= 4 is 11.8 Å². The van der Waals surface area contributed by atoms with Crippen LogP contribution in [0.3, 0.4) is 0 Å². The number of piperazine rings is 1. The summed E-state index contributed by atoms with van der Waals surface area (Å²) in [6, 6.07) is 5.43. The summed E-state index contributed by atoms with van der Waals surface area (Å²) in [4.78, 5) is 28.2. The molecule has 2 amide bonds. The molecule has 3 heterocycles. The van der Waals surface area contributed by atoms with Crippen molar-refractivity contribution in [3.63, 3.8) is 0 Å². The SMILES string of the molecule is CC(C)NC(=O)CN1CCN(C(=O)c2cc(-c3ccco3)[nH]n2)CC1. The fourth-order valence-corrected chi connectivity index (χ4v) is 2.83. The Morgan fingerprint density at radius 3 is 2.72 bits per heavy atom. The van der Waals surface area contributed by atoms with Gasteiger partial charge >= 0.3 is 0 Å². The molecule has 1 aliphatic heterocycles. The smallest absolute Gasteiger partial charge is 0.274 e. The topological polar surface area (TPSA) is 94.5 Å². The molecule has 1 saturated heterocycles. The third-order valence-electron chi connectivity index (χ3n) is 4.06. The summed E-state index contributed by atoms with van der Waals surface area (Å²) in [5.74, 6) is 0.554. The Bertz CT molecular complexity index is 714. The van der Waals surface area contributed by atoms with E-state index in [0.29, 0.717) is 49.9 Å². The quantitative estimate of drug-likeness (QED) is 0.841. The first kappa shape index (κ1) is 17.2. The largest absolute Gasteiger partial charge is 0.463 e. The van der Waals surface area contributed by atoms with E-state index in [2.05, 4.69) is 20.4 Å². The minimum absolute atomic E-state index is 0.0187. The first-order valence-corrected chi connectivity index (χ1v) is 8.43. The number of nitrogens with zero attached hydrogens (tertiary/aromatic N) is 3. The lowest BCUT2D eigenvalue weighted by Crippen LogP contribution is -2.51. The van der Waals surface area contributed by atoms with Crippen molar-refractivity contribution in [1.82, 2.24) is 25.3 Å². The van der Waals surface area contributed by atoms with E-state index >= 15 is 0 Å². The molecule has 0 spiro atoms. The molecule has 2 aromatic rings. The lowest BCUT2D eigenvalue weighted by Gasteiger charge is -2.34. The highest BCUT2D eigenvalue weighted by Crippen LogP contribution is 2.18. The maximum atomic E-state index is 12.6. The molecule has 0 saturated carbocycles. The number of H-pyrrole nitrogens is 1. The third-order valence-corrected chi connectivity index (χ3v) is 4.06. The van der Waals surface area contributed by atoms with Crippen LogP contribution in [0.1, 0.15) is 24.3 Å². The lowest BCUT2D eigenvalue weighted by atomic mass is 10.2. The van der Waals surface area contributed by atoms with Crippen LogP contribution in [0.2, 0.25) is 0 Å². The van der Waals surface area contributed by atoms with Gasteiger partial charge in [-0.25, -0.2) is 0 Å². The van der Waals surface area contributed by atoms with E-state index in [1.54, 1.807) is 23.3 Å². The van der Waals surface area contributed by atoms with Crippen LogP contribution in [0.5, 0.6) is 0 Å². The summed E-state index contributed by atoms with van der Waals surface area (Å²) in [5, 5.41) is 9.80. The second-order valence-electron chi connectivity index (χ2n) is 6.43. The fraction of sp³-hybridized carbons (Fsp3) is 0.471. The number of hydrogen-bond donors (Lipinski definition) is 2. The van der Waals surface area contributed by atoms with Crippen LogP contribution in [-0.2, 0) is 4.79 Å². The zero-order chi connectivity index (χ0) is 17.8. The fourth-order valence-electron chi connectivity index (χ4n) is 2.83. The minimum atomic E-state index is -0.111. The number of nitrogens with one attached hydrogen (secondary N) is 2. The number of rotatable bonds is 5. The molecule has 134 valence electrons. The summed E-state index contributed by atoms with van der Waals surface area (Å²) in [6.07, 6.45) is 1.58. The van der Waals surface area contributed by atoms with Crippen LogP contribution in [-0.4, -0.2) is 70.6 Å². The number of hydrogen-bond acceptors (Lipinski definition) is 5. The average Bonchev–Trinajstić information content (AvgIpc) is 3.25. The Balaban J connectivity index is 1.53. The molecular weight excluding hydrogens is 322 g/mol. The molecule has 2 aromatic heterocycles. The molecule has 8 heteroatoms. The van der Waals surface area contributed by atoms with Crippen LogP contribution in [0.15, 0.2) is 28.9 Å². The molecule has 0 aliphatic carbocycles. The van der Waals surface area contributed by atoms with Crippen LogP contribution >= 0.6 is 0 Å². The zero-order valence-corrected chi connectivity index (χ0v) is 14.5. The summed E-state index contributed by atoms with van der Waals surface area (Å²) in [5.41, 5.74) is 1.05. The molecule has 1 aliphatic rings. The van der Waals surface area contributed by atoms with Gasteiger partial charge in [0, 0.05) is 38.3 Å². The van der Waals surface area contributed by atoms with E-state index in [-0.39, 0.29) is 17.9 Å². The first-order valence-electron chi connectivity index (χ1n) is 8.43. The third kappa shape index (κ3) is 4.27. The molecule has 0 unspecified atom stereocenters. The van der Waals surface area contributed by atoms with Gasteiger partial charge in [0.15, 0.2) is 11.5 Å². The second-order valence-corrected chi connectivity index (χ2v) is 6.43. The van der Waals surface area contributed by atoms with E-state index in [4.69, 9.17) is 4.42 Å². The van der Waals surface area contributed by atoms with Crippen molar-refractivity contribution < 1.29 is 14.0 Å². The number of furan rings is 1. The van der Waals surface area contributed by atoms with Crippen LogP contribution in [0.4, 0.5) is 0 Å². The van der Waals surface area contributed by atoms with Crippen molar-refractivity contribution in [2.24, 2.45) is 0 Å². The van der Waals surface area contributed by atoms with Crippen molar-refractivity contribution in [2.75, 3.05) is 32.7 Å². The van der Waals surface area contributed by atoms with Gasteiger partial charge in [-0.3, -0.25) is 19.6 Å². The van der Waals surface area contributed by atoms with Crippen molar-refractivity contribution in [3.05, 3.63) is 30.2 Å². The number of carbonyl (C=O) groups excluding carboxylic acids is 2. The number of carbonyl (C=O) groups is 2. The van der Waals surface area contributed by atoms with Crippen LogP contribution in [0, 0.1) is 0 Å². The van der Waals surface area contributed by atoms with Gasteiger partial charge in [0.25, 0.3) is 5.91 Å². The molecule has 2 N–H and O–H groups in total. The van der Waals surface area contributed by atoms with Gasteiger partial charge in [0.2, 0.25) is 5.91 Å². The van der Waals surface area contributed by atoms with E-state index in [0.717, 1.165) is 0 Å². The lowest BCUT2D eigenvalue weighted by molar-refractivity contribution is -0.123. The second kappa shape index (κ2) is 7.52.